The molecule has 0 aliphatic carbocycles. The van der Waals surface area contributed by atoms with Gasteiger partial charge in [0.25, 0.3) is 0 Å². The van der Waals surface area contributed by atoms with Gasteiger partial charge in [0.15, 0.2) is 0 Å². The monoisotopic (exact) mass is 269 g/mol. The highest BCUT2D eigenvalue weighted by atomic mass is 32.1. The molecule has 0 spiro atoms. The first-order valence-corrected chi connectivity index (χ1v) is 7.82. The zero-order valence-corrected chi connectivity index (χ0v) is 12.9. The van der Waals surface area contributed by atoms with E-state index in [2.05, 4.69) is 55.5 Å². The Morgan fingerprint density at radius 1 is 1.28 bits per heavy atom. The lowest BCUT2D eigenvalue weighted by atomic mass is 9.82. The van der Waals surface area contributed by atoms with Gasteiger partial charge in [0.2, 0.25) is 0 Å². The quantitative estimate of drug-likeness (QED) is 0.563. The van der Waals surface area contributed by atoms with Crippen molar-refractivity contribution in [3.05, 3.63) is 22.4 Å². The van der Waals surface area contributed by atoms with E-state index in [1.54, 1.807) is 11.3 Å². The Bertz CT molecular complexity index is 316. The van der Waals surface area contributed by atoms with Gasteiger partial charge < -0.3 is 0 Å². The lowest BCUT2D eigenvalue weighted by molar-refractivity contribution is 0.0499. The van der Waals surface area contributed by atoms with Crippen LogP contribution in [0.5, 0.6) is 0 Å². The standard InChI is InChI=1S/C14H27N3S/c1-5-14(6-2,17(7-3)8-4)13(16-15)12-10-9-11-18-12/h9-11,13,16H,5-8,15H2,1-4H3. The summed E-state index contributed by atoms with van der Waals surface area (Å²) >= 11 is 1.78. The van der Waals surface area contributed by atoms with Crippen LogP contribution in [-0.2, 0) is 0 Å². The number of hydrogen-bond acceptors (Lipinski definition) is 4. The van der Waals surface area contributed by atoms with E-state index in [0.29, 0.717) is 0 Å². The SMILES string of the molecule is CCN(CC)C(CC)(CC)C(NN)c1cccs1. The molecule has 0 radical (unpaired) electrons. The number of rotatable bonds is 8. The third-order valence-corrected chi connectivity index (χ3v) is 5.09. The van der Waals surface area contributed by atoms with Crippen LogP contribution in [0.3, 0.4) is 0 Å². The summed E-state index contributed by atoms with van der Waals surface area (Å²) in [6, 6.07) is 4.48. The fraction of sp³-hybridized carbons (Fsp3) is 0.714. The Kier molecular flexibility index (Phi) is 6.29. The molecule has 0 bridgehead atoms. The minimum absolute atomic E-state index is 0.100. The maximum Gasteiger partial charge on any atom is 0.0736 e. The summed E-state index contributed by atoms with van der Waals surface area (Å²) in [5.74, 6) is 5.88. The molecule has 0 saturated heterocycles. The maximum absolute atomic E-state index is 5.88. The molecule has 18 heavy (non-hydrogen) atoms. The van der Waals surface area contributed by atoms with Crippen LogP contribution in [0.1, 0.15) is 51.5 Å². The second-order valence-corrected chi connectivity index (χ2v) is 5.58. The molecule has 1 unspecified atom stereocenters. The number of nitrogens with two attached hydrogens (primary N) is 1. The fourth-order valence-electron chi connectivity index (χ4n) is 3.10. The molecule has 0 aliphatic rings. The molecular weight excluding hydrogens is 242 g/mol. The number of nitrogens with one attached hydrogen (secondary N) is 1. The molecule has 0 fully saturated rings. The molecule has 0 aliphatic heterocycles. The highest BCUT2D eigenvalue weighted by Crippen LogP contribution is 2.38. The highest BCUT2D eigenvalue weighted by molar-refractivity contribution is 7.10. The third kappa shape index (κ3) is 2.77. The molecule has 0 saturated carbocycles. The molecule has 0 amide bonds. The zero-order valence-electron chi connectivity index (χ0n) is 12.1. The summed E-state index contributed by atoms with van der Waals surface area (Å²) in [4.78, 5) is 3.87. The lowest BCUT2D eigenvalue weighted by Crippen LogP contribution is -2.57. The Morgan fingerprint density at radius 2 is 1.89 bits per heavy atom. The van der Waals surface area contributed by atoms with Gasteiger partial charge in [-0.15, -0.1) is 11.3 Å². The molecule has 3 N–H and O–H groups in total. The van der Waals surface area contributed by atoms with Crippen molar-refractivity contribution in [3.63, 3.8) is 0 Å². The predicted octanol–water partition coefficient (Wildman–Crippen LogP) is 3.15. The predicted molar refractivity (Wildman–Crippen MR) is 80.6 cm³/mol. The molecule has 4 heteroatoms. The zero-order chi connectivity index (χ0) is 13.6. The first-order valence-electron chi connectivity index (χ1n) is 6.94. The van der Waals surface area contributed by atoms with E-state index >= 15 is 0 Å². The van der Waals surface area contributed by atoms with E-state index in [0.717, 1.165) is 25.9 Å². The molecule has 0 aromatic carbocycles. The Balaban J connectivity index is 3.15. The fourth-order valence-corrected chi connectivity index (χ4v) is 3.99. The van der Waals surface area contributed by atoms with Crippen LogP contribution in [0.4, 0.5) is 0 Å². The van der Waals surface area contributed by atoms with Crippen molar-refractivity contribution < 1.29 is 0 Å². The number of likely N-dealkylation sites (N-methyl/N-ethyl adjacent to an activating group) is 1. The molecule has 1 rings (SSSR count). The van der Waals surface area contributed by atoms with Crippen molar-refractivity contribution in [1.29, 1.82) is 0 Å². The molecule has 104 valence electrons. The van der Waals surface area contributed by atoms with Gasteiger partial charge in [-0.2, -0.15) is 0 Å². The Hall–Kier alpha value is -0.420. The van der Waals surface area contributed by atoms with E-state index in [4.69, 9.17) is 5.84 Å². The van der Waals surface area contributed by atoms with E-state index in [9.17, 15) is 0 Å². The van der Waals surface area contributed by atoms with Crippen molar-refractivity contribution in [2.24, 2.45) is 5.84 Å². The van der Waals surface area contributed by atoms with Crippen molar-refractivity contribution in [3.8, 4) is 0 Å². The normalized spacial score (nSPS) is 14.1. The average Bonchev–Trinajstić information content (AvgIpc) is 2.92. The van der Waals surface area contributed by atoms with E-state index in [1.807, 2.05) is 0 Å². The average molecular weight is 269 g/mol. The van der Waals surface area contributed by atoms with E-state index < -0.39 is 0 Å². The summed E-state index contributed by atoms with van der Waals surface area (Å²) in [5, 5.41) is 2.12. The topological polar surface area (TPSA) is 41.3 Å². The Morgan fingerprint density at radius 3 is 2.22 bits per heavy atom. The maximum atomic E-state index is 5.88. The summed E-state index contributed by atoms with van der Waals surface area (Å²) in [6.45, 7) is 11.1. The first-order chi connectivity index (χ1) is 8.69. The Labute approximate surface area is 115 Å². The molecular formula is C14H27N3S. The van der Waals surface area contributed by atoms with Crippen LogP contribution in [0.25, 0.3) is 0 Å². The smallest absolute Gasteiger partial charge is 0.0736 e. The second kappa shape index (κ2) is 7.24. The number of thiophene rings is 1. The van der Waals surface area contributed by atoms with Crippen LogP contribution in [-0.4, -0.2) is 23.5 Å². The molecule has 1 aromatic heterocycles. The number of hydrogen-bond donors (Lipinski definition) is 2. The van der Waals surface area contributed by atoms with Crippen molar-refractivity contribution in [1.82, 2.24) is 10.3 Å². The number of hydrazine groups is 1. The van der Waals surface area contributed by atoms with Gasteiger partial charge in [0.05, 0.1) is 6.04 Å². The van der Waals surface area contributed by atoms with Gasteiger partial charge in [0.1, 0.15) is 0 Å². The van der Waals surface area contributed by atoms with Gasteiger partial charge in [-0.25, -0.2) is 0 Å². The van der Waals surface area contributed by atoms with Crippen LogP contribution in [0, 0.1) is 0 Å². The second-order valence-electron chi connectivity index (χ2n) is 4.60. The third-order valence-electron chi connectivity index (χ3n) is 4.15. The van der Waals surface area contributed by atoms with Gasteiger partial charge in [-0.1, -0.05) is 33.8 Å². The van der Waals surface area contributed by atoms with Crippen molar-refractivity contribution in [2.45, 2.75) is 52.1 Å². The minimum atomic E-state index is 0.100. The summed E-state index contributed by atoms with van der Waals surface area (Å²) in [7, 11) is 0. The van der Waals surface area contributed by atoms with E-state index in [1.165, 1.54) is 4.88 Å². The van der Waals surface area contributed by atoms with Gasteiger partial charge in [-0.05, 0) is 37.4 Å². The first kappa shape index (κ1) is 15.6. The summed E-state index contributed by atoms with van der Waals surface area (Å²) < 4.78 is 0. The van der Waals surface area contributed by atoms with Crippen LogP contribution >= 0.6 is 11.3 Å². The van der Waals surface area contributed by atoms with Crippen LogP contribution in [0.2, 0.25) is 0 Å². The van der Waals surface area contributed by atoms with Crippen molar-refractivity contribution in [2.75, 3.05) is 13.1 Å². The summed E-state index contributed by atoms with van der Waals surface area (Å²) in [5.41, 5.74) is 3.17. The number of nitrogens with zero attached hydrogens (tertiary/aromatic N) is 1. The molecule has 1 heterocycles. The summed E-state index contributed by atoms with van der Waals surface area (Å²) in [6.07, 6.45) is 2.19. The highest BCUT2D eigenvalue weighted by Gasteiger charge is 2.40. The largest absolute Gasteiger partial charge is 0.296 e. The van der Waals surface area contributed by atoms with Gasteiger partial charge >= 0.3 is 0 Å². The molecule has 1 aromatic rings. The van der Waals surface area contributed by atoms with E-state index in [-0.39, 0.29) is 11.6 Å². The molecule has 1 atom stereocenters. The lowest BCUT2D eigenvalue weighted by Gasteiger charge is -2.47. The van der Waals surface area contributed by atoms with Crippen LogP contribution in [0.15, 0.2) is 17.5 Å². The minimum Gasteiger partial charge on any atom is -0.296 e. The van der Waals surface area contributed by atoms with Crippen LogP contribution < -0.4 is 11.3 Å². The van der Waals surface area contributed by atoms with Gasteiger partial charge in [-0.3, -0.25) is 16.2 Å². The van der Waals surface area contributed by atoms with Gasteiger partial charge in [0, 0.05) is 10.4 Å². The van der Waals surface area contributed by atoms with Crippen molar-refractivity contribution >= 4 is 11.3 Å². The molecule has 3 nitrogen and oxygen atoms in total.